The molecule has 128 valence electrons. The molecule has 1 aliphatic rings. The average Bonchev–Trinajstić information content (AvgIpc) is 2.77. The van der Waals surface area contributed by atoms with Crippen LogP contribution >= 0.6 is 0 Å². The summed E-state index contributed by atoms with van der Waals surface area (Å²) in [6.07, 6.45) is 0. The Morgan fingerprint density at radius 3 is 2.62 bits per heavy atom. The number of amides is 1. The maximum Gasteiger partial charge on any atom is 0.290 e. The minimum Gasteiger partial charge on any atom is -0.503 e. The van der Waals surface area contributed by atoms with Gasteiger partial charge in [-0.25, -0.2) is 0 Å². The van der Waals surface area contributed by atoms with Gasteiger partial charge in [0, 0.05) is 25.2 Å². The largest absolute Gasteiger partial charge is 0.503 e. The van der Waals surface area contributed by atoms with Crippen LogP contribution in [0.3, 0.4) is 0 Å². The van der Waals surface area contributed by atoms with Gasteiger partial charge >= 0.3 is 0 Å². The maximum absolute atomic E-state index is 12.3. The average molecular weight is 333 g/mol. The van der Waals surface area contributed by atoms with Crippen molar-refractivity contribution in [2.24, 2.45) is 0 Å². The molecule has 0 spiro atoms. The second-order valence-electron chi connectivity index (χ2n) is 5.87. The van der Waals surface area contributed by atoms with E-state index in [0.717, 1.165) is 0 Å². The van der Waals surface area contributed by atoms with Gasteiger partial charge in [0.1, 0.15) is 0 Å². The summed E-state index contributed by atoms with van der Waals surface area (Å²) in [6.45, 7) is 2.06. The van der Waals surface area contributed by atoms with Crippen molar-refractivity contribution >= 4 is 17.4 Å². The van der Waals surface area contributed by atoms with Crippen LogP contribution in [-0.4, -0.2) is 58.7 Å². The zero-order chi connectivity index (χ0) is 18.0. The number of hydrogen-bond acceptors (Lipinski definition) is 6. The molecule has 1 aromatic carbocycles. The van der Waals surface area contributed by atoms with E-state index in [1.165, 1.54) is 30.0 Å². The number of carbonyl (C=O) groups excluding carboxylic acids is 2. The summed E-state index contributed by atoms with van der Waals surface area (Å²) in [5, 5.41) is 21.1. The number of Topliss-reactive ketones (excluding diaryl/α,β-unsaturated/α-hetero) is 1. The lowest BCUT2D eigenvalue weighted by molar-refractivity contribution is -0.384. The molecular weight excluding hydrogens is 314 g/mol. The van der Waals surface area contributed by atoms with Crippen molar-refractivity contribution < 1.29 is 19.6 Å². The van der Waals surface area contributed by atoms with Gasteiger partial charge in [0.2, 0.25) is 0 Å². The summed E-state index contributed by atoms with van der Waals surface area (Å²) >= 11 is 0. The molecule has 0 saturated carbocycles. The van der Waals surface area contributed by atoms with E-state index in [4.69, 9.17) is 0 Å². The number of aliphatic hydroxyl groups is 1. The van der Waals surface area contributed by atoms with Crippen LogP contribution in [0.25, 0.3) is 0 Å². The SMILES string of the molecule is CC(=O)C1=C(O)C(=O)N(CCN(C)C)[C@H]1c1cccc([N+](=O)[O-])c1. The first-order chi connectivity index (χ1) is 11.2. The van der Waals surface area contributed by atoms with E-state index in [1.54, 1.807) is 6.07 Å². The highest BCUT2D eigenvalue weighted by molar-refractivity contribution is 6.08. The molecule has 0 unspecified atom stereocenters. The Balaban J connectivity index is 2.50. The van der Waals surface area contributed by atoms with Gasteiger partial charge in [0.25, 0.3) is 11.6 Å². The third kappa shape index (κ3) is 3.28. The molecule has 2 rings (SSSR count). The molecule has 1 aromatic rings. The van der Waals surface area contributed by atoms with Crippen molar-refractivity contribution in [3.05, 3.63) is 51.3 Å². The van der Waals surface area contributed by atoms with Crippen molar-refractivity contribution in [1.82, 2.24) is 9.80 Å². The topological polar surface area (TPSA) is 104 Å². The molecule has 8 nitrogen and oxygen atoms in total. The summed E-state index contributed by atoms with van der Waals surface area (Å²) in [6, 6.07) is 4.93. The van der Waals surface area contributed by atoms with Crippen LogP contribution < -0.4 is 0 Å². The normalized spacial score (nSPS) is 17.8. The zero-order valence-corrected chi connectivity index (χ0v) is 13.7. The van der Waals surface area contributed by atoms with Crippen molar-refractivity contribution in [1.29, 1.82) is 0 Å². The Kier molecular flexibility index (Phi) is 4.99. The van der Waals surface area contributed by atoms with Crippen LogP contribution in [-0.2, 0) is 9.59 Å². The lowest BCUT2D eigenvalue weighted by atomic mass is 9.96. The highest BCUT2D eigenvalue weighted by Crippen LogP contribution is 2.38. The number of carbonyl (C=O) groups is 2. The third-order valence-electron chi connectivity index (χ3n) is 3.87. The molecule has 0 aromatic heterocycles. The quantitative estimate of drug-likeness (QED) is 0.624. The second-order valence-corrected chi connectivity index (χ2v) is 5.87. The predicted octanol–water partition coefficient (Wildman–Crippen LogP) is 1.44. The van der Waals surface area contributed by atoms with Gasteiger partial charge in [0.15, 0.2) is 11.5 Å². The summed E-state index contributed by atoms with van der Waals surface area (Å²) in [4.78, 5) is 38.0. The molecule has 1 atom stereocenters. The number of hydrogen-bond donors (Lipinski definition) is 1. The van der Waals surface area contributed by atoms with Crippen LogP contribution in [0.2, 0.25) is 0 Å². The predicted molar refractivity (Wildman–Crippen MR) is 86.4 cm³/mol. The molecule has 1 amide bonds. The van der Waals surface area contributed by atoms with Crippen molar-refractivity contribution in [3.63, 3.8) is 0 Å². The lowest BCUT2D eigenvalue weighted by Gasteiger charge is -2.27. The summed E-state index contributed by atoms with van der Waals surface area (Å²) in [7, 11) is 3.67. The van der Waals surface area contributed by atoms with Gasteiger partial charge in [-0.1, -0.05) is 12.1 Å². The number of nitro benzene ring substituents is 1. The monoisotopic (exact) mass is 333 g/mol. The Hall–Kier alpha value is -2.74. The number of non-ortho nitro benzene ring substituents is 1. The lowest BCUT2D eigenvalue weighted by Crippen LogP contribution is -2.36. The van der Waals surface area contributed by atoms with E-state index in [-0.39, 0.29) is 17.8 Å². The number of likely N-dealkylation sites (N-methyl/N-ethyl adjacent to an activating group) is 1. The number of aliphatic hydroxyl groups excluding tert-OH is 1. The van der Waals surface area contributed by atoms with Crippen molar-refractivity contribution in [3.8, 4) is 0 Å². The maximum atomic E-state index is 12.3. The molecule has 0 bridgehead atoms. The molecule has 1 aliphatic heterocycles. The van der Waals surface area contributed by atoms with Crippen LogP contribution in [0.1, 0.15) is 18.5 Å². The zero-order valence-electron chi connectivity index (χ0n) is 13.7. The fraction of sp³-hybridized carbons (Fsp3) is 0.375. The molecule has 0 saturated heterocycles. The van der Waals surface area contributed by atoms with Crippen LogP contribution in [0.4, 0.5) is 5.69 Å². The molecule has 1 N–H and O–H groups in total. The first-order valence-corrected chi connectivity index (χ1v) is 7.38. The number of rotatable bonds is 6. The fourth-order valence-electron chi connectivity index (χ4n) is 2.71. The van der Waals surface area contributed by atoms with Gasteiger partial charge in [-0.2, -0.15) is 0 Å². The Morgan fingerprint density at radius 1 is 1.42 bits per heavy atom. The van der Waals surface area contributed by atoms with Crippen LogP contribution in [0.5, 0.6) is 0 Å². The molecule has 1 heterocycles. The number of benzene rings is 1. The second kappa shape index (κ2) is 6.79. The highest BCUT2D eigenvalue weighted by atomic mass is 16.6. The van der Waals surface area contributed by atoms with Gasteiger partial charge in [0.05, 0.1) is 16.5 Å². The molecule has 8 heteroatoms. The Morgan fingerprint density at radius 2 is 2.08 bits per heavy atom. The molecule has 0 radical (unpaired) electrons. The Labute approximate surface area is 139 Å². The smallest absolute Gasteiger partial charge is 0.290 e. The van der Waals surface area contributed by atoms with Crippen LogP contribution in [0, 0.1) is 10.1 Å². The van der Waals surface area contributed by atoms with Crippen molar-refractivity contribution in [2.75, 3.05) is 27.2 Å². The Bertz CT molecular complexity index is 726. The number of nitrogens with zero attached hydrogens (tertiary/aromatic N) is 3. The van der Waals surface area contributed by atoms with E-state index in [1.807, 2.05) is 19.0 Å². The third-order valence-corrected chi connectivity index (χ3v) is 3.87. The molecule has 0 aliphatic carbocycles. The molecule has 0 fully saturated rings. The first kappa shape index (κ1) is 17.6. The summed E-state index contributed by atoms with van der Waals surface area (Å²) < 4.78 is 0. The molecular formula is C16H19N3O5. The number of nitro groups is 1. The van der Waals surface area contributed by atoms with E-state index in [2.05, 4.69) is 0 Å². The standard InChI is InChI=1S/C16H19N3O5/c1-10(20)13-14(11-5-4-6-12(9-11)19(23)24)18(8-7-17(2)3)16(22)15(13)21/h4-6,9,14,21H,7-8H2,1-3H3/t14-/m0/s1. The minimum atomic E-state index is -0.824. The van der Waals surface area contributed by atoms with Crippen LogP contribution in [0.15, 0.2) is 35.6 Å². The summed E-state index contributed by atoms with van der Waals surface area (Å²) in [5.41, 5.74) is 0.256. The van der Waals surface area contributed by atoms with E-state index in [0.29, 0.717) is 12.1 Å². The molecule has 24 heavy (non-hydrogen) atoms. The number of ketones is 1. The minimum absolute atomic E-state index is 0.0285. The van der Waals surface area contributed by atoms with Gasteiger partial charge in [-0.05, 0) is 26.6 Å². The van der Waals surface area contributed by atoms with E-state index >= 15 is 0 Å². The van der Waals surface area contributed by atoms with Gasteiger partial charge < -0.3 is 14.9 Å². The first-order valence-electron chi connectivity index (χ1n) is 7.38. The highest BCUT2D eigenvalue weighted by Gasteiger charge is 2.42. The fourth-order valence-corrected chi connectivity index (χ4v) is 2.71. The summed E-state index contributed by atoms with van der Waals surface area (Å²) in [5.74, 6) is -1.67. The van der Waals surface area contributed by atoms with E-state index in [9.17, 15) is 24.8 Å². The van der Waals surface area contributed by atoms with Crippen molar-refractivity contribution in [2.45, 2.75) is 13.0 Å². The van der Waals surface area contributed by atoms with E-state index < -0.39 is 28.4 Å². The van der Waals surface area contributed by atoms with Gasteiger partial charge in [-0.15, -0.1) is 0 Å². The van der Waals surface area contributed by atoms with Gasteiger partial charge in [-0.3, -0.25) is 19.7 Å².